The maximum Gasteiger partial charge on any atom is 0.217 e. The predicted octanol–water partition coefficient (Wildman–Crippen LogP) is 6.69. The van der Waals surface area contributed by atoms with Crippen molar-refractivity contribution in [2.45, 2.75) is 103 Å². The zero-order valence-electron chi connectivity index (χ0n) is 17.6. The fourth-order valence-corrected chi connectivity index (χ4v) is 3.97. The zero-order chi connectivity index (χ0) is 20.5. The second-order valence-corrected chi connectivity index (χ2v) is 8.95. The van der Waals surface area contributed by atoms with Crippen molar-refractivity contribution in [1.29, 1.82) is 0 Å². The Bertz CT molecular complexity index is 497. The Morgan fingerprint density at radius 1 is 0.926 bits per heavy atom. The molecule has 3 N–H and O–H groups in total. The molecule has 0 bridgehead atoms. The van der Waals surface area contributed by atoms with Crippen molar-refractivity contribution < 1.29 is 9.90 Å². The summed E-state index contributed by atoms with van der Waals surface area (Å²) >= 11 is 2.23. The minimum atomic E-state index is -0.724. The van der Waals surface area contributed by atoms with Crippen LogP contribution in [0.4, 0.5) is 0 Å². The molecule has 27 heavy (non-hydrogen) atoms. The second kappa shape index (κ2) is 16.3. The van der Waals surface area contributed by atoms with Crippen LogP contribution >= 0.6 is 22.6 Å². The first-order valence-electron chi connectivity index (χ1n) is 10.5. The van der Waals surface area contributed by atoms with Crippen molar-refractivity contribution in [2.75, 3.05) is 0 Å². The van der Waals surface area contributed by atoms with Crippen LogP contribution in [-0.2, 0) is 10.4 Å². The average Bonchev–Trinajstić information content (AvgIpc) is 2.59. The van der Waals surface area contributed by atoms with Crippen LogP contribution in [0.3, 0.4) is 0 Å². The van der Waals surface area contributed by atoms with Gasteiger partial charge in [-0.25, -0.2) is 0 Å². The first-order chi connectivity index (χ1) is 12.8. The number of amides is 1. The van der Waals surface area contributed by atoms with Crippen molar-refractivity contribution in [3.8, 4) is 0 Å². The van der Waals surface area contributed by atoms with Gasteiger partial charge >= 0.3 is 0 Å². The number of primary amides is 1. The van der Waals surface area contributed by atoms with Gasteiger partial charge in [0.1, 0.15) is 0 Å². The SMILES string of the molecule is CC(C)(O)c1ccccc1I.CCCCCCCCCCCCCC(N)=O. The third-order valence-corrected chi connectivity index (χ3v) is 5.50. The molecule has 1 aromatic rings. The molecule has 0 aliphatic rings. The molecule has 0 atom stereocenters. The Morgan fingerprint density at radius 2 is 1.37 bits per heavy atom. The van der Waals surface area contributed by atoms with Crippen LogP contribution in [0.2, 0.25) is 0 Å². The molecule has 0 unspecified atom stereocenters. The van der Waals surface area contributed by atoms with Crippen LogP contribution in [0.25, 0.3) is 0 Å². The second-order valence-electron chi connectivity index (χ2n) is 7.79. The molecule has 3 nitrogen and oxygen atoms in total. The zero-order valence-corrected chi connectivity index (χ0v) is 19.8. The third kappa shape index (κ3) is 16.1. The number of aliphatic hydroxyl groups is 1. The lowest BCUT2D eigenvalue weighted by molar-refractivity contribution is -0.118. The summed E-state index contributed by atoms with van der Waals surface area (Å²) in [4.78, 5) is 10.5. The lowest BCUT2D eigenvalue weighted by Gasteiger charge is -2.18. The highest BCUT2D eigenvalue weighted by molar-refractivity contribution is 14.1. The molecule has 156 valence electrons. The summed E-state index contributed by atoms with van der Waals surface area (Å²) in [5.74, 6) is -0.157. The minimum absolute atomic E-state index is 0.157. The summed E-state index contributed by atoms with van der Waals surface area (Å²) in [7, 11) is 0. The summed E-state index contributed by atoms with van der Waals surface area (Å²) in [5.41, 5.74) is 5.34. The van der Waals surface area contributed by atoms with Gasteiger partial charge in [0, 0.05) is 9.99 Å². The van der Waals surface area contributed by atoms with E-state index >= 15 is 0 Å². The van der Waals surface area contributed by atoms with E-state index in [0.29, 0.717) is 6.42 Å². The standard InChI is InChI=1S/C14H29NO.C9H11IO/c1-2-3-4-5-6-7-8-9-10-11-12-13-14(15)16;1-9(2,11)7-5-3-4-6-8(7)10/h2-13H2,1H3,(H2,15,16);3-6,11H,1-2H3. The van der Waals surface area contributed by atoms with Crippen LogP contribution in [0.1, 0.15) is 103 Å². The average molecular weight is 489 g/mol. The molecule has 0 saturated heterocycles. The number of hydrogen-bond donors (Lipinski definition) is 2. The van der Waals surface area contributed by atoms with E-state index < -0.39 is 5.60 Å². The number of benzene rings is 1. The Kier molecular flexibility index (Phi) is 16.0. The van der Waals surface area contributed by atoms with Gasteiger partial charge in [0.05, 0.1) is 5.60 Å². The van der Waals surface area contributed by atoms with Gasteiger partial charge in [0.2, 0.25) is 5.91 Å². The first kappa shape index (κ1) is 26.4. The van der Waals surface area contributed by atoms with Gasteiger partial charge in [-0.2, -0.15) is 0 Å². The summed E-state index contributed by atoms with van der Waals surface area (Å²) in [6.45, 7) is 5.85. The number of halogens is 1. The van der Waals surface area contributed by atoms with E-state index in [1.54, 1.807) is 13.8 Å². The normalized spacial score (nSPS) is 11.0. The summed E-state index contributed by atoms with van der Waals surface area (Å²) in [6, 6.07) is 7.85. The molecule has 4 heteroatoms. The van der Waals surface area contributed by atoms with E-state index in [1.165, 1.54) is 64.2 Å². The van der Waals surface area contributed by atoms with Crippen LogP contribution in [0, 0.1) is 3.57 Å². The summed E-state index contributed by atoms with van der Waals surface area (Å²) in [5, 5.41) is 9.67. The molecule has 0 aliphatic heterocycles. The van der Waals surface area contributed by atoms with E-state index in [4.69, 9.17) is 5.73 Å². The molecule has 0 saturated carbocycles. The van der Waals surface area contributed by atoms with Crippen LogP contribution in [-0.4, -0.2) is 11.0 Å². The lowest BCUT2D eigenvalue weighted by atomic mass is 9.99. The van der Waals surface area contributed by atoms with Gasteiger partial charge in [-0.1, -0.05) is 89.3 Å². The maximum absolute atomic E-state index is 10.5. The number of rotatable bonds is 13. The third-order valence-electron chi connectivity index (χ3n) is 4.56. The molecule has 1 rings (SSSR count). The highest BCUT2D eigenvalue weighted by Gasteiger charge is 2.17. The topological polar surface area (TPSA) is 63.3 Å². The number of carbonyl (C=O) groups is 1. The molecular formula is C23H40INO2. The van der Waals surface area contributed by atoms with Crippen LogP contribution in [0.5, 0.6) is 0 Å². The fourth-order valence-electron chi connectivity index (χ4n) is 2.92. The van der Waals surface area contributed by atoms with Crippen molar-refractivity contribution >= 4 is 28.5 Å². The molecule has 1 amide bonds. The van der Waals surface area contributed by atoms with Crippen LogP contribution < -0.4 is 5.73 Å². The van der Waals surface area contributed by atoms with Gasteiger partial charge in [0.25, 0.3) is 0 Å². The van der Waals surface area contributed by atoms with Crippen molar-refractivity contribution in [3.05, 3.63) is 33.4 Å². The summed E-state index contributed by atoms with van der Waals surface area (Å²) < 4.78 is 1.11. The van der Waals surface area contributed by atoms with Crippen molar-refractivity contribution in [3.63, 3.8) is 0 Å². The van der Waals surface area contributed by atoms with E-state index in [0.717, 1.165) is 15.6 Å². The smallest absolute Gasteiger partial charge is 0.217 e. The van der Waals surface area contributed by atoms with Crippen LogP contribution in [0.15, 0.2) is 24.3 Å². The number of nitrogens with two attached hydrogens (primary N) is 1. The number of hydrogen-bond acceptors (Lipinski definition) is 2. The molecule has 0 radical (unpaired) electrons. The van der Waals surface area contributed by atoms with Crippen molar-refractivity contribution in [1.82, 2.24) is 0 Å². The molecule has 0 aromatic heterocycles. The van der Waals surface area contributed by atoms with E-state index in [2.05, 4.69) is 29.5 Å². The number of unbranched alkanes of at least 4 members (excludes halogenated alkanes) is 10. The van der Waals surface area contributed by atoms with Crippen molar-refractivity contribution in [2.24, 2.45) is 5.73 Å². The molecule has 1 aromatic carbocycles. The fraction of sp³-hybridized carbons (Fsp3) is 0.696. The van der Waals surface area contributed by atoms with Gasteiger partial charge in [-0.05, 0) is 54.5 Å². The summed E-state index contributed by atoms with van der Waals surface area (Å²) in [6.07, 6.45) is 15.0. The van der Waals surface area contributed by atoms with E-state index in [-0.39, 0.29) is 5.91 Å². The predicted molar refractivity (Wildman–Crippen MR) is 125 cm³/mol. The van der Waals surface area contributed by atoms with E-state index in [9.17, 15) is 9.90 Å². The van der Waals surface area contributed by atoms with Gasteiger partial charge < -0.3 is 10.8 Å². The van der Waals surface area contributed by atoms with Gasteiger partial charge in [-0.15, -0.1) is 0 Å². The largest absolute Gasteiger partial charge is 0.386 e. The maximum atomic E-state index is 10.5. The Hall–Kier alpha value is -0.620. The first-order valence-corrected chi connectivity index (χ1v) is 11.6. The number of carbonyl (C=O) groups excluding carboxylic acids is 1. The molecule has 0 fully saturated rings. The molecule has 0 aliphatic carbocycles. The highest BCUT2D eigenvalue weighted by atomic mass is 127. The van der Waals surface area contributed by atoms with Gasteiger partial charge in [0.15, 0.2) is 0 Å². The Labute approximate surface area is 180 Å². The molecular weight excluding hydrogens is 449 g/mol. The van der Waals surface area contributed by atoms with E-state index in [1.807, 2.05) is 24.3 Å². The Balaban J connectivity index is 0.000000533. The Morgan fingerprint density at radius 3 is 1.74 bits per heavy atom. The quantitative estimate of drug-likeness (QED) is 0.240. The highest BCUT2D eigenvalue weighted by Crippen LogP contribution is 2.24. The lowest BCUT2D eigenvalue weighted by Crippen LogP contribution is -2.16. The molecule has 0 heterocycles. The van der Waals surface area contributed by atoms with Gasteiger partial charge in [-0.3, -0.25) is 4.79 Å². The molecule has 0 spiro atoms. The minimum Gasteiger partial charge on any atom is -0.386 e. The monoisotopic (exact) mass is 489 g/mol.